The Kier molecular flexibility index (Phi) is 10.2. The maximum absolute atomic E-state index is 11.0. The maximum Gasteiger partial charge on any atom is 0.191 e. The van der Waals surface area contributed by atoms with Crippen molar-refractivity contribution < 1.29 is 13.2 Å². The Labute approximate surface area is 153 Å². The first-order chi connectivity index (χ1) is 11.4. The number of halogens is 1. The molecular weight excluding hydrogens is 370 g/mol. The van der Waals surface area contributed by atoms with Crippen LogP contribution in [-0.2, 0) is 14.6 Å². The van der Waals surface area contributed by atoms with E-state index < -0.39 is 9.84 Å². The first-order valence-electron chi connectivity index (χ1n) is 7.49. The molecule has 1 aromatic rings. The molecule has 0 aromatic heterocycles. The number of ether oxygens (including phenoxy) is 1. The monoisotopic (exact) mass is 393 g/mol. The summed E-state index contributed by atoms with van der Waals surface area (Å²) in [5.74, 6) is 1.63. The van der Waals surface area contributed by atoms with Gasteiger partial charge in [-0.15, -0.1) is 11.8 Å². The van der Waals surface area contributed by atoms with Crippen LogP contribution in [0.1, 0.15) is 0 Å². The van der Waals surface area contributed by atoms with E-state index in [9.17, 15) is 8.42 Å². The van der Waals surface area contributed by atoms with Crippen molar-refractivity contribution in [2.24, 2.45) is 4.99 Å². The van der Waals surface area contributed by atoms with E-state index >= 15 is 0 Å². The van der Waals surface area contributed by atoms with Crippen LogP contribution in [0.5, 0.6) is 0 Å². The summed E-state index contributed by atoms with van der Waals surface area (Å²) in [7, 11) is -1.26. The highest BCUT2D eigenvalue weighted by atomic mass is 35.5. The summed E-state index contributed by atoms with van der Waals surface area (Å²) in [6, 6.07) is 7.74. The lowest BCUT2D eigenvalue weighted by molar-refractivity contribution is 0.154. The van der Waals surface area contributed by atoms with Crippen molar-refractivity contribution in [3.63, 3.8) is 0 Å². The topological polar surface area (TPSA) is 79.8 Å². The Morgan fingerprint density at radius 3 is 2.50 bits per heavy atom. The third-order valence-corrected chi connectivity index (χ3v) is 5.01. The normalized spacial score (nSPS) is 12.2. The third kappa shape index (κ3) is 10.7. The molecule has 0 saturated carbocycles. The Morgan fingerprint density at radius 2 is 1.88 bits per heavy atom. The minimum atomic E-state index is -2.96. The van der Waals surface area contributed by atoms with Crippen LogP contribution >= 0.6 is 23.4 Å². The zero-order valence-electron chi connectivity index (χ0n) is 13.9. The minimum absolute atomic E-state index is 0.0435. The molecule has 1 aromatic carbocycles. The molecule has 0 spiro atoms. The Balaban J connectivity index is 2.09. The van der Waals surface area contributed by atoms with E-state index in [1.54, 1.807) is 18.8 Å². The lowest BCUT2D eigenvalue weighted by atomic mass is 10.4. The Bertz CT molecular complexity index is 607. The number of aliphatic imine (C=N–C) groups is 1. The third-order valence-electron chi connectivity index (χ3n) is 2.84. The molecule has 0 amide bonds. The van der Waals surface area contributed by atoms with Crippen LogP contribution in [-0.4, -0.2) is 65.5 Å². The molecule has 0 saturated heterocycles. The number of thioether (sulfide) groups is 1. The van der Waals surface area contributed by atoms with Crippen molar-refractivity contribution in [2.45, 2.75) is 4.90 Å². The number of nitrogens with zero attached hydrogens (tertiary/aromatic N) is 1. The standard InChI is InChI=1S/C15H24ClN3O3S2/c1-17-15(18-7-9-22-10-12-24(2,20)21)19-8-11-23-14-5-3-13(16)4-6-14/h3-6H,7-12H2,1-2H3,(H2,17,18,19). The van der Waals surface area contributed by atoms with Crippen molar-refractivity contribution >= 4 is 39.2 Å². The molecule has 2 N–H and O–H groups in total. The molecule has 0 aliphatic heterocycles. The SMILES string of the molecule is CN=C(NCCOCCS(C)(=O)=O)NCCSc1ccc(Cl)cc1. The Morgan fingerprint density at radius 1 is 1.21 bits per heavy atom. The highest BCUT2D eigenvalue weighted by molar-refractivity contribution is 7.99. The van der Waals surface area contributed by atoms with Gasteiger partial charge in [-0.1, -0.05) is 11.6 Å². The summed E-state index contributed by atoms with van der Waals surface area (Å²) in [5.41, 5.74) is 0. The molecule has 6 nitrogen and oxygen atoms in total. The maximum atomic E-state index is 11.0. The van der Waals surface area contributed by atoms with Gasteiger partial charge in [0, 0.05) is 42.1 Å². The molecule has 0 heterocycles. The van der Waals surface area contributed by atoms with Gasteiger partial charge in [-0.2, -0.15) is 0 Å². The van der Waals surface area contributed by atoms with Crippen molar-refractivity contribution in [3.05, 3.63) is 29.3 Å². The van der Waals surface area contributed by atoms with Crippen LogP contribution in [0.25, 0.3) is 0 Å². The van der Waals surface area contributed by atoms with Crippen molar-refractivity contribution in [2.75, 3.05) is 51.1 Å². The molecule has 9 heteroatoms. The summed E-state index contributed by atoms with van der Waals surface area (Å²) >= 11 is 7.58. The van der Waals surface area contributed by atoms with Gasteiger partial charge >= 0.3 is 0 Å². The molecular formula is C15H24ClN3O3S2. The first kappa shape index (κ1) is 21.1. The molecule has 0 aliphatic carbocycles. The molecule has 0 radical (unpaired) electrons. The molecule has 136 valence electrons. The number of nitrogens with one attached hydrogen (secondary N) is 2. The van der Waals surface area contributed by atoms with E-state index in [0.717, 1.165) is 17.3 Å². The van der Waals surface area contributed by atoms with Crippen LogP contribution in [0, 0.1) is 0 Å². The van der Waals surface area contributed by atoms with Crippen LogP contribution in [0.2, 0.25) is 5.02 Å². The average Bonchev–Trinajstić information content (AvgIpc) is 2.53. The van der Waals surface area contributed by atoms with Crippen LogP contribution in [0.3, 0.4) is 0 Å². The van der Waals surface area contributed by atoms with Gasteiger partial charge < -0.3 is 15.4 Å². The molecule has 1 rings (SSSR count). The summed E-state index contributed by atoms with van der Waals surface area (Å²) in [4.78, 5) is 5.29. The molecule has 0 unspecified atom stereocenters. The van der Waals surface area contributed by atoms with Gasteiger partial charge in [0.1, 0.15) is 9.84 Å². The van der Waals surface area contributed by atoms with E-state index in [1.165, 1.54) is 11.2 Å². The summed E-state index contributed by atoms with van der Waals surface area (Å²) < 4.78 is 27.2. The van der Waals surface area contributed by atoms with E-state index in [0.29, 0.717) is 19.1 Å². The van der Waals surface area contributed by atoms with Gasteiger partial charge in [0.2, 0.25) is 0 Å². The van der Waals surface area contributed by atoms with E-state index in [4.69, 9.17) is 16.3 Å². The van der Waals surface area contributed by atoms with Gasteiger partial charge in [0.05, 0.1) is 19.0 Å². The summed E-state index contributed by atoms with van der Waals surface area (Å²) in [6.45, 7) is 1.97. The highest BCUT2D eigenvalue weighted by Gasteiger charge is 2.02. The zero-order chi connectivity index (χ0) is 17.8. The number of sulfone groups is 1. The fraction of sp³-hybridized carbons (Fsp3) is 0.533. The van der Waals surface area contributed by atoms with E-state index in [2.05, 4.69) is 15.6 Å². The Hall–Kier alpha value is -0.960. The number of rotatable bonds is 10. The van der Waals surface area contributed by atoms with E-state index in [-0.39, 0.29) is 12.4 Å². The number of hydrogen-bond acceptors (Lipinski definition) is 5. The zero-order valence-corrected chi connectivity index (χ0v) is 16.3. The van der Waals surface area contributed by atoms with Crippen molar-refractivity contribution in [1.29, 1.82) is 0 Å². The number of hydrogen-bond donors (Lipinski definition) is 2. The lowest BCUT2D eigenvalue weighted by Gasteiger charge is -2.12. The van der Waals surface area contributed by atoms with Gasteiger partial charge in [-0.05, 0) is 24.3 Å². The quantitative estimate of drug-likeness (QED) is 0.272. The lowest BCUT2D eigenvalue weighted by Crippen LogP contribution is -2.40. The average molecular weight is 394 g/mol. The molecule has 24 heavy (non-hydrogen) atoms. The predicted molar refractivity (Wildman–Crippen MR) is 102 cm³/mol. The summed E-state index contributed by atoms with van der Waals surface area (Å²) in [6.07, 6.45) is 1.20. The van der Waals surface area contributed by atoms with Crippen LogP contribution < -0.4 is 10.6 Å². The van der Waals surface area contributed by atoms with Gasteiger partial charge in [-0.3, -0.25) is 4.99 Å². The molecule has 0 bridgehead atoms. The fourth-order valence-electron chi connectivity index (χ4n) is 1.64. The van der Waals surface area contributed by atoms with Crippen LogP contribution in [0.4, 0.5) is 0 Å². The van der Waals surface area contributed by atoms with Gasteiger partial charge in [-0.25, -0.2) is 8.42 Å². The molecule has 0 fully saturated rings. The fourth-order valence-corrected chi connectivity index (χ4v) is 2.96. The second-order valence-electron chi connectivity index (χ2n) is 4.97. The molecule has 0 aliphatic rings. The van der Waals surface area contributed by atoms with Gasteiger partial charge in [0.15, 0.2) is 5.96 Å². The first-order valence-corrected chi connectivity index (χ1v) is 10.9. The summed E-state index contributed by atoms with van der Waals surface area (Å²) in [5, 5.41) is 7.05. The smallest absolute Gasteiger partial charge is 0.191 e. The second-order valence-corrected chi connectivity index (χ2v) is 8.83. The number of guanidine groups is 1. The second kappa shape index (κ2) is 11.6. The highest BCUT2D eigenvalue weighted by Crippen LogP contribution is 2.19. The molecule has 0 atom stereocenters. The minimum Gasteiger partial charge on any atom is -0.379 e. The van der Waals surface area contributed by atoms with Crippen molar-refractivity contribution in [1.82, 2.24) is 10.6 Å². The van der Waals surface area contributed by atoms with Crippen LogP contribution in [0.15, 0.2) is 34.2 Å². The van der Waals surface area contributed by atoms with Crippen molar-refractivity contribution in [3.8, 4) is 0 Å². The number of benzene rings is 1. The van der Waals surface area contributed by atoms with E-state index in [1.807, 2.05) is 24.3 Å². The largest absolute Gasteiger partial charge is 0.379 e. The predicted octanol–water partition coefficient (Wildman–Crippen LogP) is 1.66. The van der Waals surface area contributed by atoms with Gasteiger partial charge in [0.25, 0.3) is 0 Å².